The van der Waals surface area contributed by atoms with Gasteiger partial charge in [0, 0.05) is 47.6 Å². The lowest BCUT2D eigenvalue weighted by Gasteiger charge is -2.60. The van der Waals surface area contributed by atoms with Gasteiger partial charge in [-0.25, -0.2) is 9.97 Å². The number of hydrogen-bond donors (Lipinski definition) is 0. The van der Waals surface area contributed by atoms with E-state index in [-0.39, 0.29) is 11.3 Å². The fourth-order valence-corrected chi connectivity index (χ4v) is 5.20. The number of nitrogens with zero attached hydrogens (tertiary/aromatic N) is 4. The van der Waals surface area contributed by atoms with Crippen LogP contribution in [0, 0.1) is 5.41 Å². The van der Waals surface area contributed by atoms with Gasteiger partial charge in [0.2, 0.25) is 0 Å². The maximum Gasteiger partial charge on any atom is 0.253 e. The van der Waals surface area contributed by atoms with E-state index in [9.17, 15) is 9.59 Å². The van der Waals surface area contributed by atoms with Crippen molar-refractivity contribution in [2.75, 3.05) is 31.1 Å². The third-order valence-corrected chi connectivity index (χ3v) is 6.86. The van der Waals surface area contributed by atoms with E-state index < -0.39 is 0 Å². The molecule has 0 saturated carbocycles. The van der Waals surface area contributed by atoms with E-state index in [1.807, 2.05) is 4.90 Å². The van der Waals surface area contributed by atoms with Crippen LogP contribution < -0.4 is 4.90 Å². The summed E-state index contributed by atoms with van der Waals surface area (Å²) in [7, 11) is 0. The largest absolute Gasteiger partial charge is 0.354 e. The van der Waals surface area contributed by atoms with Gasteiger partial charge in [0.25, 0.3) is 5.91 Å². The van der Waals surface area contributed by atoms with E-state index in [0.717, 1.165) is 54.9 Å². The molecule has 4 heterocycles. The first-order chi connectivity index (χ1) is 13.6. The van der Waals surface area contributed by atoms with Crippen LogP contribution in [-0.4, -0.2) is 53.2 Å². The summed E-state index contributed by atoms with van der Waals surface area (Å²) in [6, 6.07) is 9.10. The number of fused-ring (bicyclic) bond motifs is 1. The zero-order chi connectivity index (χ0) is 19.3. The minimum Gasteiger partial charge on any atom is -0.354 e. The molecule has 1 spiro atoms. The average molecular weight is 392 g/mol. The highest BCUT2D eigenvalue weighted by molar-refractivity contribution is 7.18. The topological polar surface area (TPSA) is 66.4 Å². The summed E-state index contributed by atoms with van der Waals surface area (Å²) in [6.45, 7) is 5.49. The fraction of sp³-hybridized carbons (Fsp3) is 0.333. The molecular weight excluding hydrogens is 372 g/mol. The van der Waals surface area contributed by atoms with E-state index in [0.29, 0.717) is 11.1 Å². The Bertz CT molecular complexity index is 1080. The third-order valence-electron chi connectivity index (χ3n) is 5.67. The summed E-state index contributed by atoms with van der Waals surface area (Å²) in [5.74, 6) is 1.01. The predicted molar refractivity (Wildman–Crippen MR) is 109 cm³/mol. The number of anilines is 1. The quantitative estimate of drug-likeness (QED) is 0.639. The molecule has 3 aromatic rings. The molecule has 0 bridgehead atoms. The van der Waals surface area contributed by atoms with Crippen molar-refractivity contribution in [2.24, 2.45) is 5.41 Å². The molecule has 1 aromatic carbocycles. The smallest absolute Gasteiger partial charge is 0.253 e. The SMILES string of the molecule is CCc1cc2c(N3CC4(CN(C(=O)c5cccc(C=O)c5)C4)C3)ncnc2s1. The molecule has 0 radical (unpaired) electrons. The summed E-state index contributed by atoms with van der Waals surface area (Å²) in [5.41, 5.74) is 1.28. The van der Waals surface area contributed by atoms with Crippen molar-refractivity contribution in [3.63, 3.8) is 0 Å². The highest BCUT2D eigenvalue weighted by Crippen LogP contribution is 2.44. The van der Waals surface area contributed by atoms with Gasteiger partial charge in [-0.05, 0) is 24.6 Å². The number of thiophene rings is 1. The van der Waals surface area contributed by atoms with Gasteiger partial charge in [-0.2, -0.15) is 0 Å². The average Bonchev–Trinajstić information content (AvgIpc) is 3.09. The van der Waals surface area contributed by atoms with Crippen molar-refractivity contribution in [1.82, 2.24) is 14.9 Å². The van der Waals surface area contributed by atoms with Crippen LogP contribution in [-0.2, 0) is 6.42 Å². The summed E-state index contributed by atoms with van der Waals surface area (Å²) in [6.07, 6.45) is 3.43. The second-order valence-electron chi connectivity index (χ2n) is 7.74. The normalized spacial score (nSPS) is 17.5. The van der Waals surface area contributed by atoms with Crippen molar-refractivity contribution in [1.29, 1.82) is 0 Å². The van der Waals surface area contributed by atoms with Gasteiger partial charge in [-0.1, -0.05) is 19.1 Å². The molecular formula is C21H20N4O2S. The van der Waals surface area contributed by atoms with Crippen LogP contribution in [0.2, 0.25) is 0 Å². The monoisotopic (exact) mass is 392 g/mol. The molecule has 142 valence electrons. The first kappa shape index (κ1) is 17.3. The van der Waals surface area contributed by atoms with Crippen molar-refractivity contribution in [3.05, 3.63) is 52.7 Å². The molecule has 6 nitrogen and oxygen atoms in total. The van der Waals surface area contributed by atoms with Crippen molar-refractivity contribution in [3.8, 4) is 0 Å². The van der Waals surface area contributed by atoms with Gasteiger partial charge in [0.15, 0.2) is 0 Å². The molecule has 2 fully saturated rings. The van der Waals surface area contributed by atoms with Crippen LogP contribution in [0.5, 0.6) is 0 Å². The van der Waals surface area contributed by atoms with Gasteiger partial charge in [-0.3, -0.25) is 9.59 Å². The van der Waals surface area contributed by atoms with E-state index in [4.69, 9.17) is 0 Å². The summed E-state index contributed by atoms with van der Waals surface area (Å²) in [4.78, 5) is 39.1. The van der Waals surface area contributed by atoms with Crippen LogP contribution >= 0.6 is 11.3 Å². The molecule has 2 aliphatic rings. The first-order valence-corrected chi connectivity index (χ1v) is 10.3. The number of amides is 1. The molecule has 2 aliphatic heterocycles. The number of carbonyl (C=O) groups is 2. The number of carbonyl (C=O) groups excluding carboxylic acids is 2. The summed E-state index contributed by atoms with van der Waals surface area (Å²) in [5, 5.41) is 1.14. The Kier molecular flexibility index (Phi) is 3.94. The molecule has 0 atom stereocenters. The Morgan fingerprint density at radius 2 is 2.04 bits per heavy atom. The number of aryl methyl sites for hydroxylation is 1. The Labute approximate surface area is 166 Å². The van der Waals surface area contributed by atoms with E-state index in [2.05, 4.69) is 27.9 Å². The van der Waals surface area contributed by atoms with Crippen LogP contribution in [0.4, 0.5) is 5.82 Å². The van der Waals surface area contributed by atoms with E-state index in [1.165, 1.54) is 4.88 Å². The van der Waals surface area contributed by atoms with Gasteiger partial charge in [0.1, 0.15) is 23.3 Å². The number of aromatic nitrogens is 2. The molecule has 7 heteroatoms. The summed E-state index contributed by atoms with van der Waals surface area (Å²) >= 11 is 1.73. The standard InChI is InChI=1S/C21H20N4O2S/c1-2-16-7-17-18(22-13-23-19(17)28-16)24-9-21(10-24)11-25(12-21)20(27)15-5-3-4-14(6-15)8-26/h3-8,13H,2,9-12H2,1H3. The molecule has 5 rings (SSSR count). The van der Waals surface area contributed by atoms with Crippen molar-refractivity contribution in [2.45, 2.75) is 13.3 Å². The lowest BCUT2D eigenvalue weighted by atomic mass is 9.72. The molecule has 0 N–H and O–H groups in total. The third kappa shape index (κ3) is 2.69. The highest BCUT2D eigenvalue weighted by atomic mass is 32.1. The Hall–Kier alpha value is -2.80. The fourth-order valence-electron chi connectivity index (χ4n) is 4.27. The Balaban J connectivity index is 1.26. The highest BCUT2D eigenvalue weighted by Gasteiger charge is 2.53. The number of rotatable bonds is 4. The van der Waals surface area contributed by atoms with Crippen molar-refractivity contribution < 1.29 is 9.59 Å². The van der Waals surface area contributed by atoms with Gasteiger partial charge >= 0.3 is 0 Å². The molecule has 0 aliphatic carbocycles. The summed E-state index contributed by atoms with van der Waals surface area (Å²) < 4.78 is 0. The lowest BCUT2D eigenvalue weighted by Crippen LogP contribution is -2.73. The van der Waals surface area contributed by atoms with Gasteiger partial charge in [-0.15, -0.1) is 11.3 Å². The molecule has 2 saturated heterocycles. The number of aldehydes is 1. The lowest BCUT2D eigenvalue weighted by molar-refractivity contribution is -0.0106. The maximum absolute atomic E-state index is 12.7. The molecule has 28 heavy (non-hydrogen) atoms. The zero-order valence-corrected chi connectivity index (χ0v) is 16.4. The maximum atomic E-state index is 12.7. The van der Waals surface area contributed by atoms with Crippen LogP contribution in [0.3, 0.4) is 0 Å². The van der Waals surface area contributed by atoms with Crippen LogP contribution in [0.1, 0.15) is 32.5 Å². The molecule has 2 aromatic heterocycles. The predicted octanol–water partition coefficient (Wildman–Crippen LogP) is 3.03. The number of likely N-dealkylation sites (tertiary alicyclic amines) is 1. The minimum absolute atomic E-state index is 0.00243. The van der Waals surface area contributed by atoms with Gasteiger partial charge < -0.3 is 9.80 Å². The molecule has 1 amide bonds. The Morgan fingerprint density at radius 3 is 2.79 bits per heavy atom. The van der Waals surface area contributed by atoms with E-state index in [1.54, 1.807) is 41.9 Å². The number of benzene rings is 1. The number of hydrogen-bond acceptors (Lipinski definition) is 6. The Morgan fingerprint density at radius 1 is 1.21 bits per heavy atom. The van der Waals surface area contributed by atoms with E-state index >= 15 is 0 Å². The molecule has 0 unspecified atom stereocenters. The minimum atomic E-state index is 0.00243. The first-order valence-electron chi connectivity index (χ1n) is 9.44. The van der Waals surface area contributed by atoms with Crippen molar-refractivity contribution >= 4 is 39.6 Å². The second-order valence-corrected chi connectivity index (χ2v) is 8.86. The van der Waals surface area contributed by atoms with Crippen LogP contribution in [0.15, 0.2) is 36.7 Å². The van der Waals surface area contributed by atoms with Gasteiger partial charge in [0.05, 0.1) is 5.39 Å². The second kappa shape index (κ2) is 6.38. The van der Waals surface area contributed by atoms with Crippen LogP contribution in [0.25, 0.3) is 10.2 Å². The zero-order valence-electron chi connectivity index (χ0n) is 15.6.